The van der Waals surface area contributed by atoms with Gasteiger partial charge < -0.3 is 9.47 Å². The van der Waals surface area contributed by atoms with Gasteiger partial charge in [0.15, 0.2) is 6.29 Å². The lowest BCUT2D eigenvalue weighted by molar-refractivity contribution is -0.265. The van der Waals surface area contributed by atoms with Crippen molar-refractivity contribution >= 4 is 0 Å². The maximum absolute atomic E-state index is 6.45. The summed E-state index contributed by atoms with van der Waals surface area (Å²) in [6, 6.07) is 0. The summed E-state index contributed by atoms with van der Waals surface area (Å²) in [7, 11) is 0. The topological polar surface area (TPSA) is 18.5 Å². The molecule has 0 radical (unpaired) electrons. The van der Waals surface area contributed by atoms with E-state index in [2.05, 4.69) is 65.8 Å². The molecule has 3 rings (SSSR count). The van der Waals surface area contributed by atoms with Crippen LogP contribution in [-0.2, 0) is 9.47 Å². The van der Waals surface area contributed by atoms with Gasteiger partial charge in [-0.25, -0.2) is 0 Å². The lowest BCUT2D eigenvalue weighted by atomic mass is 9.67. The van der Waals surface area contributed by atoms with Gasteiger partial charge in [-0.2, -0.15) is 0 Å². The van der Waals surface area contributed by atoms with Gasteiger partial charge >= 0.3 is 0 Å². The van der Waals surface area contributed by atoms with Crippen molar-refractivity contribution in [3.8, 4) is 0 Å². The molecular weight excluding hydrogens is 380 g/mol. The Bertz CT molecular complexity index is 707. The van der Waals surface area contributed by atoms with Crippen molar-refractivity contribution in [2.75, 3.05) is 13.2 Å². The molecule has 1 aliphatic heterocycles. The SMILES string of the molecule is CC(C)=CCCC1=CC[C@H](C2OCC3(CC=C(CCC=C(C)C)C[C@H]3C)CO2)[C@H](C)C1. The molecule has 0 aromatic heterocycles. The first-order valence-corrected chi connectivity index (χ1v) is 12.6. The number of hydrogen-bond donors (Lipinski definition) is 0. The first kappa shape index (κ1) is 24.5. The van der Waals surface area contributed by atoms with Crippen LogP contribution in [0.5, 0.6) is 0 Å². The molecule has 1 heterocycles. The summed E-state index contributed by atoms with van der Waals surface area (Å²) in [4.78, 5) is 0. The molecule has 3 aliphatic rings. The third-order valence-corrected chi connectivity index (χ3v) is 7.86. The smallest absolute Gasteiger partial charge is 0.160 e. The Kier molecular flexibility index (Phi) is 8.82. The number of rotatable bonds is 7. The zero-order chi connectivity index (χ0) is 22.4. The van der Waals surface area contributed by atoms with E-state index in [1.807, 2.05) is 0 Å². The maximum atomic E-state index is 6.45. The van der Waals surface area contributed by atoms with Gasteiger partial charge in [-0.3, -0.25) is 0 Å². The molecule has 0 unspecified atom stereocenters. The molecule has 1 saturated heterocycles. The first-order valence-electron chi connectivity index (χ1n) is 12.6. The Hall–Kier alpha value is -1.12. The molecule has 174 valence electrons. The van der Waals surface area contributed by atoms with E-state index >= 15 is 0 Å². The average molecular weight is 427 g/mol. The average Bonchev–Trinajstić information content (AvgIpc) is 2.71. The molecule has 0 aromatic rings. The van der Waals surface area contributed by atoms with Crippen molar-refractivity contribution in [2.45, 2.75) is 99.2 Å². The molecule has 2 aliphatic carbocycles. The molecule has 31 heavy (non-hydrogen) atoms. The van der Waals surface area contributed by atoms with E-state index in [1.54, 1.807) is 11.1 Å². The Morgan fingerprint density at radius 3 is 2.00 bits per heavy atom. The van der Waals surface area contributed by atoms with E-state index in [0.717, 1.165) is 26.1 Å². The molecule has 1 spiro atoms. The second-order valence-corrected chi connectivity index (χ2v) is 11.1. The van der Waals surface area contributed by atoms with Crippen molar-refractivity contribution in [3.63, 3.8) is 0 Å². The van der Waals surface area contributed by atoms with Crippen molar-refractivity contribution in [3.05, 3.63) is 46.6 Å². The fourth-order valence-electron chi connectivity index (χ4n) is 5.54. The predicted octanol–water partition coefficient (Wildman–Crippen LogP) is 8.17. The van der Waals surface area contributed by atoms with E-state index < -0.39 is 0 Å². The highest BCUT2D eigenvalue weighted by Gasteiger charge is 2.45. The summed E-state index contributed by atoms with van der Waals surface area (Å²) in [5.74, 6) is 1.76. The minimum Gasteiger partial charge on any atom is -0.352 e. The van der Waals surface area contributed by atoms with Gasteiger partial charge in [0.05, 0.1) is 13.2 Å². The van der Waals surface area contributed by atoms with Gasteiger partial charge in [0, 0.05) is 11.3 Å². The fourth-order valence-corrected chi connectivity index (χ4v) is 5.54. The first-order chi connectivity index (χ1) is 14.8. The number of ether oxygens (including phenoxy) is 2. The third kappa shape index (κ3) is 6.68. The van der Waals surface area contributed by atoms with Crippen LogP contribution in [0.3, 0.4) is 0 Å². The predicted molar refractivity (Wildman–Crippen MR) is 132 cm³/mol. The highest BCUT2D eigenvalue weighted by atomic mass is 16.7. The minimum atomic E-state index is -0.0218. The van der Waals surface area contributed by atoms with Crippen LogP contribution in [0.1, 0.15) is 92.9 Å². The van der Waals surface area contributed by atoms with Gasteiger partial charge in [0.2, 0.25) is 0 Å². The van der Waals surface area contributed by atoms with Crippen LogP contribution < -0.4 is 0 Å². The molecule has 2 heteroatoms. The molecule has 1 fully saturated rings. The summed E-state index contributed by atoms with van der Waals surface area (Å²) in [5.41, 5.74) is 6.28. The summed E-state index contributed by atoms with van der Waals surface area (Å²) in [6.07, 6.45) is 19.0. The van der Waals surface area contributed by atoms with Gasteiger partial charge in [0.25, 0.3) is 0 Å². The minimum absolute atomic E-state index is 0.0218. The van der Waals surface area contributed by atoms with Crippen LogP contribution in [0.4, 0.5) is 0 Å². The molecule has 0 saturated carbocycles. The summed E-state index contributed by atoms with van der Waals surface area (Å²) in [6.45, 7) is 15.3. The fraction of sp³-hybridized carbons (Fsp3) is 0.724. The Labute approximate surface area is 191 Å². The molecule has 2 nitrogen and oxygen atoms in total. The zero-order valence-corrected chi connectivity index (χ0v) is 21.0. The van der Waals surface area contributed by atoms with Crippen LogP contribution in [0.15, 0.2) is 46.6 Å². The van der Waals surface area contributed by atoms with E-state index in [1.165, 1.54) is 49.7 Å². The van der Waals surface area contributed by atoms with Gasteiger partial charge in [-0.1, -0.05) is 60.4 Å². The summed E-state index contributed by atoms with van der Waals surface area (Å²) >= 11 is 0. The standard InChI is InChI=1S/C29H46O2/c1-21(2)9-7-11-25-13-14-27(23(5)17-25)28-30-19-29(20-31-28)16-15-26(18-24(29)6)12-8-10-22(3)4/h9-10,13,15,23-24,27-28H,7-8,11-12,14,16-20H2,1-6H3/t23-,24-,27+,28?,29?/m1/s1. The number of allylic oxidation sites excluding steroid dienone is 8. The third-order valence-electron chi connectivity index (χ3n) is 7.86. The van der Waals surface area contributed by atoms with Crippen molar-refractivity contribution in [1.82, 2.24) is 0 Å². The van der Waals surface area contributed by atoms with Crippen LogP contribution in [-0.4, -0.2) is 19.5 Å². The second-order valence-electron chi connectivity index (χ2n) is 11.1. The lowest BCUT2D eigenvalue weighted by Gasteiger charge is -2.48. The van der Waals surface area contributed by atoms with Crippen LogP contribution in [0.2, 0.25) is 0 Å². The Morgan fingerprint density at radius 2 is 1.48 bits per heavy atom. The van der Waals surface area contributed by atoms with Crippen LogP contribution >= 0.6 is 0 Å². The summed E-state index contributed by atoms with van der Waals surface area (Å²) < 4.78 is 12.9. The monoisotopic (exact) mass is 426 g/mol. The normalized spacial score (nSPS) is 33.5. The van der Waals surface area contributed by atoms with Gasteiger partial charge in [-0.05, 0) is 90.9 Å². The van der Waals surface area contributed by atoms with Crippen LogP contribution in [0, 0.1) is 23.2 Å². The Morgan fingerprint density at radius 1 is 0.903 bits per heavy atom. The maximum Gasteiger partial charge on any atom is 0.160 e. The van der Waals surface area contributed by atoms with Crippen molar-refractivity contribution in [2.24, 2.45) is 23.2 Å². The molecule has 0 bridgehead atoms. The summed E-state index contributed by atoms with van der Waals surface area (Å²) in [5, 5.41) is 0. The zero-order valence-electron chi connectivity index (χ0n) is 21.0. The van der Waals surface area contributed by atoms with Gasteiger partial charge in [-0.15, -0.1) is 0 Å². The molecule has 0 N–H and O–H groups in total. The Balaban J connectivity index is 1.50. The van der Waals surface area contributed by atoms with E-state index in [0.29, 0.717) is 17.8 Å². The molecular formula is C29H46O2. The van der Waals surface area contributed by atoms with Crippen molar-refractivity contribution in [1.29, 1.82) is 0 Å². The van der Waals surface area contributed by atoms with E-state index in [4.69, 9.17) is 9.47 Å². The second kappa shape index (κ2) is 11.1. The van der Waals surface area contributed by atoms with E-state index in [-0.39, 0.29) is 11.7 Å². The largest absolute Gasteiger partial charge is 0.352 e. The lowest BCUT2D eigenvalue weighted by Crippen LogP contribution is -2.49. The van der Waals surface area contributed by atoms with E-state index in [9.17, 15) is 0 Å². The van der Waals surface area contributed by atoms with Gasteiger partial charge in [0.1, 0.15) is 0 Å². The number of hydrogen-bond acceptors (Lipinski definition) is 2. The highest BCUT2D eigenvalue weighted by molar-refractivity contribution is 5.14. The van der Waals surface area contributed by atoms with Crippen molar-refractivity contribution < 1.29 is 9.47 Å². The van der Waals surface area contributed by atoms with Crippen LogP contribution in [0.25, 0.3) is 0 Å². The molecule has 0 aromatic carbocycles. The molecule has 3 atom stereocenters. The highest BCUT2D eigenvalue weighted by Crippen LogP contribution is 2.46. The quantitative estimate of drug-likeness (QED) is 0.382. The molecule has 0 amide bonds.